The summed E-state index contributed by atoms with van der Waals surface area (Å²) in [6.45, 7) is 0. The van der Waals surface area contributed by atoms with Crippen molar-refractivity contribution < 1.29 is 16.8 Å². The summed E-state index contributed by atoms with van der Waals surface area (Å²) in [6, 6.07) is 0. The van der Waals surface area contributed by atoms with E-state index in [4.69, 9.17) is 0 Å². The first-order valence-electron chi connectivity index (χ1n) is 2.62. The van der Waals surface area contributed by atoms with Crippen LogP contribution < -0.4 is 4.13 Å². The minimum absolute atomic E-state index is 1.48. The molecule has 0 amide bonds. The third kappa shape index (κ3) is 5.09. The number of sulfonamides is 2. The molecule has 0 aliphatic rings. The first-order chi connectivity index (χ1) is 6.21. The van der Waals surface area contributed by atoms with Crippen molar-refractivity contribution in [1.29, 1.82) is 0 Å². The molecule has 0 aromatic heterocycles. The molecule has 0 bridgehead atoms. The Balaban J connectivity index is 5.28. The average Bonchev–Trinajstić information content (AvgIpc) is 1.77. The average molecular weight is 647 g/mol. The van der Waals surface area contributed by atoms with E-state index in [0.717, 1.165) is 0 Å². The van der Waals surface area contributed by atoms with Crippen LogP contribution in [0.15, 0.2) is 0 Å². The standard InChI is InChI=1S/C2HBr6NO4S2/c3-1(4,5)14(10,11)9-15(12,13)2(6,7)8/h9H. The summed E-state index contributed by atoms with van der Waals surface area (Å²) in [5, 5.41) is 0. The lowest BCUT2D eigenvalue weighted by atomic mass is 11.9. The molecular weight excluding hydrogens is 646 g/mol. The van der Waals surface area contributed by atoms with Gasteiger partial charge in [-0.2, -0.15) is 0 Å². The topological polar surface area (TPSA) is 80.3 Å². The van der Waals surface area contributed by atoms with Crippen molar-refractivity contribution in [3.05, 3.63) is 0 Å². The second kappa shape index (κ2) is 5.39. The maximum atomic E-state index is 11.4. The predicted molar refractivity (Wildman–Crippen MR) is 80.0 cm³/mol. The van der Waals surface area contributed by atoms with Crippen LogP contribution in [0.3, 0.4) is 0 Å². The zero-order valence-electron chi connectivity index (χ0n) is 6.22. The highest BCUT2D eigenvalue weighted by Gasteiger charge is 2.45. The van der Waals surface area contributed by atoms with Gasteiger partial charge in [-0.05, 0) is 95.6 Å². The van der Waals surface area contributed by atoms with Crippen LogP contribution in [-0.2, 0) is 20.0 Å². The molecule has 15 heavy (non-hydrogen) atoms. The number of nitrogens with one attached hydrogen (secondary N) is 1. The lowest BCUT2D eigenvalue weighted by molar-refractivity contribution is 0.580. The van der Waals surface area contributed by atoms with Crippen LogP contribution in [0.4, 0.5) is 0 Å². The van der Waals surface area contributed by atoms with Gasteiger partial charge in [0.05, 0.1) is 0 Å². The van der Waals surface area contributed by atoms with E-state index < -0.39 is 23.0 Å². The molecule has 0 aromatic rings. The van der Waals surface area contributed by atoms with E-state index in [1.807, 2.05) is 0 Å². The SMILES string of the molecule is O=S(=O)(NS(=O)(=O)C(Br)(Br)Br)C(Br)(Br)Br. The number of hydrogen-bond acceptors (Lipinski definition) is 4. The lowest BCUT2D eigenvalue weighted by Gasteiger charge is -2.18. The molecule has 0 saturated carbocycles. The van der Waals surface area contributed by atoms with Gasteiger partial charge in [0.1, 0.15) is 0 Å². The fourth-order valence-corrected chi connectivity index (χ4v) is 5.72. The van der Waals surface area contributed by atoms with Crippen molar-refractivity contribution in [3.8, 4) is 0 Å². The highest BCUT2D eigenvalue weighted by molar-refractivity contribution is 9.43. The summed E-state index contributed by atoms with van der Waals surface area (Å²) in [6.07, 6.45) is 0. The largest absolute Gasteiger partial charge is 0.261 e. The first kappa shape index (κ1) is 17.7. The van der Waals surface area contributed by atoms with E-state index in [0.29, 0.717) is 0 Å². The summed E-state index contributed by atoms with van der Waals surface area (Å²) in [5.41, 5.74) is 0. The second-order valence-electron chi connectivity index (χ2n) is 1.98. The van der Waals surface area contributed by atoms with Gasteiger partial charge in [0.25, 0.3) is 20.0 Å². The van der Waals surface area contributed by atoms with Gasteiger partial charge in [-0.15, -0.1) is 4.13 Å². The number of rotatable bonds is 2. The molecule has 92 valence electrons. The zero-order valence-corrected chi connectivity index (χ0v) is 17.4. The summed E-state index contributed by atoms with van der Waals surface area (Å²) >= 11 is 16.2. The number of hydrogen-bond donors (Lipinski definition) is 1. The van der Waals surface area contributed by atoms with E-state index in [9.17, 15) is 16.8 Å². The van der Waals surface area contributed by atoms with Crippen LogP contribution in [0.1, 0.15) is 0 Å². The fourth-order valence-electron chi connectivity index (χ4n) is 0.239. The predicted octanol–water partition coefficient (Wildman–Crippen LogP) is 2.83. The monoisotopic (exact) mass is 640 g/mol. The Bertz CT molecular complexity index is 385. The Labute approximate surface area is 137 Å². The Morgan fingerprint density at radius 2 is 0.867 bits per heavy atom. The second-order valence-corrected chi connectivity index (χ2v) is 22.6. The minimum Gasteiger partial charge on any atom is -0.208 e. The Morgan fingerprint density at radius 3 is 1.00 bits per heavy atom. The van der Waals surface area contributed by atoms with Crippen LogP contribution in [0.2, 0.25) is 0 Å². The molecule has 0 fully saturated rings. The van der Waals surface area contributed by atoms with Gasteiger partial charge in [-0.1, -0.05) is 0 Å². The normalized spacial score (nSPS) is 15.3. The van der Waals surface area contributed by atoms with Gasteiger partial charge >= 0.3 is 0 Å². The van der Waals surface area contributed by atoms with Crippen LogP contribution in [-0.4, -0.2) is 19.8 Å². The van der Waals surface area contributed by atoms with Crippen LogP contribution in [0, 0.1) is 0 Å². The van der Waals surface area contributed by atoms with Gasteiger partial charge in [0, 0.05) is 0 Å². The Morgan fingerprint density at radius 1 is 0.667 bits per heavy atom. The van der Waals surface area contributed by atoms with Crippen LogP contribution in [0.25, 0.3) is 0 Å². The van der Waals surface area contributed by atoms with E-state index in [1.54, 1.807) is 0 Å². The molecule has 0 rings (SSSR count). The highest BCUT2D eigenvalue weighted by Crippen LogP contribution is 2.42. The molecule has 0 saturated heterocycles. The van der Waals surface area contributed by atoms with Gasteiger partial charge < -0.3 is 0 Å². The molecule has 13 heteroatoms. The highest BCUT2D eigenvalue weighted by atomic mass is 80.0. The van der Waals surface area contributed by atoms with Gasteiger partial charge in [-0.3, -0.25) is 0 Å². The van der Waals surface area contributed by atoms with Crippen molar-refractivity contribution in [2.24, 2.45) is 0 Å². The smallest absolute Gasteiger partial charge is 0.208 e. The first-order valence-corrected chi connectivity index (χ1v) is 10.3. The minimum atomic E-state index is -4.22. The van der Waals surface area contributed by atoms with Crippen molar-refractivity contribution >= 4 is 116 Å². The van der Waals surface area contributed by atoms with Gasteiger partial charge in [0.15, 0.2) is 0 Å². The maximum Gasteiger partial charge on any atom is 0.261 e. The molecular formula is C2HBr6NO4S2. The molecule has 0 aromatic carbocycles. The van der Waals surface area contributed by atoms with Crippen molar-refractivity contribution in [2.45, 2.75) is 2.95 Å². The van der Waals surface area contributed by atoms with Crippen LogP contribution in [0.5, 0.6) is 0 Å². The zero-order chi connectivity index (χ0) is 12.7. The van der Waals surface area contributed by atoms with E-state index >= 15 is 0 Å². The van der Waals surface area contributed by atoms with E-state index in [2.05, 4.69) is 95.6 Å². The van der Waals surface area contributed by atoms with Gasteiger partial charge in [-0.25, -0.2) is 16.8 Å². The molecule has 0 heterocycles. The van der Waals surface area contributed by atoms with Crippen LogP contribution >= 0.6 is 95.6 Å². The Kier molecular flexibility index (Phi) is 6.37. The summed E-state index contributed by atoms with van der Waals surface area (Å²) in [4.78, 5) is 0. The molecule has 0 radical (unpaired) electrons. The quantitative estimate of drug-likeness (QED) is 0.469. The lowest BCUT2D eigenvalue weighted by Crippen LogP contribution is -2.42. The maximum absolute atomic E-state index is 11.4. The van der Waals surface area contributed by atoms with Crippen molar-refractivity contribution in [1.82, 2.24) is 4.13 Å². The molecule has 5 nitrogen and oxygen atoms in total. The molecule has 0 aliphatic heterocycles. The third-order valence-electron chi connectivity index (χ3n) is 0.829. The fraction of sp³-hybridized carbons (Fsp3) is 1.00. The summed E-state index contributed by atoms with van der Waals surface area (Å²) < 4.78 is 43.6. The van der Waals surface area contributed by atoms with Gasteiger partial charge in [0.2, 0.25) is 2.95 Å². The number of alkyl halides is 6. The molecule has 1 N–H and O–H groups in total. The Hall–Kier alpha value is 2.74. The van der Waals surface area contributed by atoms with E-state index in [-0.39, 0.29) is 0 Å². The summed E-state index contributed by atoms with van der Waals surface area (Å²) in [5.74, 6) is 0. The summed E-state index contributed by atoms with van der Waals surface area (Å²) in [7, 11) is -8.43. The molecule has 0 atom stereocenters. The third-order valence-corrected chi connectivity index (χ3v) is 11.5. The number of halogens is 6. The van der Waals surface area contributed by atoms with E-state index in [1.165, 1.54) is 4.13 Å². The molecule has 0 spiro atoms. The van der Waals surface area contributed by atoms with Crippen molar-refractivity contribution in [3.63, 3.8) is 0 Å². The molecule has 0 unspecified atom stereocenters. The van der Waals surface area contributed by atoms with Crippen molar-refractivity contribution in [2.75, 3.05) is 0 Å². The molecule has 0 aliphatic carbocycles.